The number of para-hydroxylation sites is 1. The molecule has 110 valence electrons. The summed E-state index contributed by atoms with van der Waals surface area (Å²) >= 11 is 0. The summed E-state index contributed by atoms with van der Waals surface area (Å²) in [7, 11) is 0. The first-order chi connectivity index (χ1) is 9.84. The molecule has 0 radical (unpaired) electrons. The Morgan fingerprint density at radius 2 is 2.05 bits per heavy atom. The molecule has 1 aromatic carbocycles. The first-order valence-electron chi connectivity index (χ1n) is 7.84. The van der Waals surface area contributed by atoms with Gasteiger partial charge in [0.25, 0.3) is 0 Å². The van der Waals surface area contributed by atoms with Gasteiger partial charge in [-0.2, -0.15) is 0 Å². The molecule has 1 saturated carbocycles. The molecule has 1 saturated heterocycles. The van der Waals surface area contributed by atoms with Crippen molar-refractivity contribution in [2.75, 3.05) is 19.8 Å². The highest BCUT2D eigenvalue weighted by molar-refractivity contribution is 5.20. The topological polar surface area (TPSA) is 44.5 Å². The van der Waals surface area contributed by atoms with Crippen LogP contribution in [0.25, 0.3) is 0 Å². The van der Waals surface area contributed by atoms with Crippen molar-refractivity contribution < 1.29 is 9.47 Å². The van der Waals surface area contributed by atoms with Crippen molar-refractivity contribution in [1.82, 2.24) is 0 Å². The molecule has 2 unspecified atom stereocenters. The van der Waals surface area contributed by atoms with Crippen LogP contribution in [0.1, 0.15) is 32.1 Å². The lowest BCUT2D eigenvalue weighted by molar-refractivity contribution is 0.0280. The predicted octanol–water partition coefficient (Wildman–Crippen LogP) is 2.99. The standard InChI is InChI=1S/C17H25NO2/c18-13-17(10-12-20-16(17)14-7-8-14)9-4-11-19-15-5-2-1-3-6-15/h1-3,5-6,14,16H,4,7-13,18H2. The third-order valence-corrected chi connectivity index (χ3v) is 4.79. The Bertz CT molecular complexity index is 418. The van der Waals surface area contributed by atoms with Crippen LogP contribution in [0.3, 0.4) is 0 Å². The Balaban J connectivity index is 1.48. The molecule has 20 heavy (non-hydrogen) atoms. The van der Waals surface area contributed by atoms with Crippen LogP contribution in [0.5, 0.6) is 5.75 Å². The molecule has 2 N–H and O–H groups in total. The van der Waals surface area contributed by atoms with Crippen LogP contribution in [0, 0.1) is 11.3 Å². The van der Waals surface area contributed by atoms with Crippen LogP contribution in [-0.2, 0) is 4.74 Å². The first-order valence-corrected chi connectivity index (χ1v) is 7.84. The van der Waals surface area contributed by atoms with Crippen LogP contribution in [0.4, 0.5) is 0 Å². The fourth-order valence-electron chi connectivity index (χ4n) is 3.46. The zero-order valence-electron chi connectivity index (χ0n) is 12.1. The number of hydrogen-bond donors (Lipinski definition) is 1. The molecule has 2 atom stereocenters. The number of hydrogen-bond acceptors (Lipinski definition) is 3. The highest BCUT2D eigenvalue weighted by Crippen LogP contribution is 2.49. The molecule has 0 aromatic heterocycles. The number of rotatable bonds is 7. The fraction of sp³-hybridized carbons (Fsp3) is 0.647. The Morgan fingerprint density at radius 1 is 1.25 bits per heavy atom. The van der Waals surface area contributed by atoms with Gasteiger partial charge < -0.3 is 15.2 Å². The summed E-state index contributed by atoms with van der Waals surface area (Å²) in [5.41, 5.74) is 6.31. The van der Waals surface area contributed by atoms with Crippen molar-refractivity contribution in [3.05, 3.63) is 30.3 Å². The Hall–Kier alpha value is -1.06. The second-order valence-electron chi connectivity index (χ2n) is 6.21. The molecule has 1 aromatic rings. The van der Waals surface area contributed by atoms with Crippen molar-refractivity contribution in [1.29, 1.82) is 0 Å². The third kappa shape index (κ3) is 2.99. The third-order valence-electron chi connectivity index (χ3n) is 4.79. The molecule has 0 spiro atoms. The summed E-state index contributed by atoms with van der Waals surface area (Å²) < 4.78 is 11.8. The van der Waals surface area contributed by atoms with Gasteiger partial charge in [-0.1, -0.05) is 18.2 Å². The Labute approximate surface area is 121 Å². The van der Waals surface area contributed by atoms with E-state index in [4.69, 9.17) is 15.2 Å². The monoisotopic (exact) mass is 275 g/mol. The SMILES string of the molecule is NCC1(CCCOc2ccccc2)CCOC1C1CC1. The predicted molar refractivity (Wildman–Crippen MR) is 79.7 cm³/mol. The van der Waals surface area contributed by atoms with Gasteiger partial charge in [0.1, 0.15) is 5.75 Å². The van der Waals surface area contributed by atoms with Crippen molar-refractivity contribution in [3.63, 3.8) is 0 Å². The molecule has 0 amide bonds. The number of nitrogens with two attached hydrogens (primary N) is 1. The van der Waals surface area contributed by atoms with E-state index in [-0.39, 0.29) is 5.41 Å². The molecule has 2 fully saturated rings. The normalized spacial score (nSPS) is 29.6. The lowest BCUT2D eigenvalue weighted by Crippen LogP contribution is -2.40. The van der Waals surface area contributed by atoms with Crippen LogP contribution in [-0.4, -0.2) is 25.9 Å². The van der Waals surface area contributed by atoms with E-state index in [0.717, 1.165) is 50.7 Å². The van der Waals surface area contributed by atoms with Crippen molar-refractivity contribution >= 4 is 0 Å². The molecular weight excluding hydrogens is 250 g/mol. The fourth-order valence-corrected chi connectivity index (χ4v) is 3.46. The van der Waals surface area contributed by atoms with Crippen molar-refractivity contribution in [2.24, 2.45) is 17.1 Å². The average molecular weight is 275 g/mol. The summed E-state index contributed by atoms with van der Waals surface area (Å²) in [5.74, 6) is 1.73. The first kappa shape index (κ1) is 13.9. The van der Waals surface area contributed by atoms with E-state index in [0.29, 0.717) is 6.10 Å². The van der Waals surface area contributed by atoms with Gasteiger partial charge in [-0.3, -0.25) is 0 Å². The summed E-state index contributed by atoms with van der Waals surface area (Å²) in [5, 5.41) is 0. The summed E-state index contributed by atoms with van der Waals surface area (Å²) in [6, 6.07) is 10.0. The van der Waals surface area contributed by atoms with Gasteiger partial charge in [0.2, 0.25) is 0 Å². The lowest BCUT2D eigenvalue weighted by Gasteiger charge is -2.33. The maximum Gasteiger partial charge on any atom is 0.119 e. The number of ether oxygens (including phenoxy) is 2. The van der Waals surface area contributed by atoms with Gasteiger partial charge >= 0.3 is 0 Å². The van der Waals surface area contributed by atoms with Gasteiger partial charge in [-0.25, -0.2) is 0 Å². The van der Waals surface area contributed by atoms with Crippen LogP contribution in [0.2, 0.25) is 0 Å². The van der Waals surface area contributed by atoms with Gasteiger partial charge in [0.05, 0.1) is 12.7 Å². The Morgan fingerprint density at radius 3 is 2.75 bits per heavy atom. The maximum absolute atomic E-state index is 6.10. The molecule has 2 aliphatic rings. The minimum absolute atomic E-state index is 0.210. The van der Waals surface area contributed by atoms with E-state index in [1.54, 1.807) is 0 Å². The summed E-state index contributed by atoms with van der Waals surface area (Å²) in [6.07, 6.45) is 6.36. The van der Waals surface area contributed by atoms with E-state index >= 15 is 0 Å². The number of benzene rings is 1. The van der Waals surface area contributed by atoms with Crippen molar-refractivity contribution in [3.8, 4) is 5.75 Å². The minimum Gasteiger partial charge on any atom is -0.494 e. The molecule has 1 aliphatic carbocycles. The van der Waals surface area contributed by atoms with E-state index in [2.05, 4.69) is 0 Å². The largest absolute Gasteiger partial charge is 0.494 e. The summed E-state index contributed by atoms with van der Waals surface area (Å²) in [4.78, 5) is 0. The average Bonchev–Trinajstić information content (AvgIpc) is 3.25. The van der Waals surface area contributed by atoms with Crippen molar-refractivity contribution in [2.45, 2.75) is 38.2 Å². The Kier molecular flexibility index (Phi) is 4.27. The smallest absolute Gasteiger partial charge is 0.119 e. The van der Waals surface area contributed by atoms with E-state index < -0.39 is 0 Å². The lowest BCUT2D eigenvalue weighted by atomic mass is 9.75. The molecule has 1 heterocycles. The maximum atomic E-state index is 6.10. The minimum atomic E-state index is 0.210. The van der Waals surface area contributed by atoms with E-state index in [1.807, 2.05) is 30.3 Å². The van der Waals surface area contributed by atoms with Crippen LogP contribution in [0.15, 0.2) is 30.3 Å². The zero-order chi connectivity index (χ0) is 13.8. The van der Waals surface area contributed by atoms with E-state index in [9.17, 15) is 0 Å². The molecule has 3 nitrogen and oxygen atoms in total. The van der Waals surface area contributed by atoms with Gasteiger partial charge in [-0.15, -0.1) is 0 Å². The van der Waals surface area contributed by atoms with Crippen LogP contribution < -0.4 is 10.5 Å². The summed E-state index contributed by atoms with van der Waals surface area (Å²) in [6.45, 7) is 2.40. The molecule has 1 aliphatic heterocycles. The second kappa shape index (κ2) is 6.15. The molecule has 3 heteroatoms. The molecular formula is C17H25NO2. The second-order valence-corrected chi connectivity index (χ2v) is 6.21. The highest BCUT2D eigenvalue weighted by Gasteiger charge is 2.49. The molecule has 3 rings (SSSR count). The van der Waals surface area contributed by atoms with Gasteiger partial charge in [-0.05, 0) is 50.2 Å². The zero-order valence-corrected chi connectivity index (χ0v) is 12.1. The van der Waals surface area contributed by atoms with Gasteiger partial charge in [0, 0.05) is 18.6 Å². The van der Waals surface area contributed by atoms with Crippen LogP contribution >= 0.6 is 0 Å². The molecule has 0 bridgehead atoms. The van der Waals surface area contributed by atoms with Gasteiger partial charge in [0.15, 0.2) is 0 Å². The van der Waals surface area contributed by atoms with E-state index in [1.165, 1.54) is 12.8 Å². The quantitative estimate of drug-likeness (QED) is 0.778. The highest BCUT2D eigenvalue weighted by atomic mass is 16.5.